The molecule has 2 heterocycles. The highest BCUT2D eigenvalue weighted by molar-refractivity contribution is 7.80. The zero-order valence-corrected chi connectivity index (χ0v) is 12.9. The lowest BCUT2D eigenvalue weighted by molar-refractivity contribution is -0.141. The van der Waals surface area contributed by atoms with Crippen molar-refractivity contribution in [2.45, 2.75) is 6.42 Å². The van der Waals surface area contributed by atoms with E-state index in [9.17, 15) is 4.79 Å². The van der Waals surface area contributed by atoms with Gasteiger partial charge in [0.05, 0.1) is 25.4 Å². The summed E-state index contributed by atoms with van der Waals surface area (Å²) in [6, 6.07) is 1.85. The summed E-state index contributed by atoms with van der Waals surface area (Å²) < 4.78 is 4.66. The molecule has 2 N–H and O–H groups in total. The predicted molar refractivity (Wildman–Crippen MR) is 85.4 cm³/mol. The fourth-order valence-corrected chi connectivity index (χ4v) is 2.58. The molecule has 0 unspecified atom stereocenters. The first-order valence-electron chi connectivity index (χ1n) is 6.89. The summed E-state index contributed by atoms with van der Waals surface area (Å²) in [6.07, 6.45) is 3.94. The average molecular weight is 308 g/mol. The van der Waals surface area contributed by atoms with Crippen molar-refractivity contribution in [2.75, 3.05) is 44.7 Å². The molecule has 1 aromatic rings. The van der Waals surface area contributed by atoms with Gasteiger partial charge in [-0.25, -0.2) is 0 Å². The number of rotatable bonds is 5. The highest BCUT2D eigenvalue weighted by Gasteiger charge is 2.20. The smallest absolute Gasteiger partial charge is 0.306 e. The van der Waals surface area contributed by atoms with Gasteiger partial charge in [0, 0.05) is 44.5 Å². The molecule has 0 aromatic carbocycles. The molecule has 1 aliphatic heterocycles. The number of pyridine rings is 1. The van der Waals surface area contributed by atoms with Crippen molar-refractivity contribution < 1.29 is 9.53 Å². The van der Waals surface area contributed by atoms with E-state index >= 15 is 0 Å². The Bertz CT molecular complexity index is 515. The number of aromatic nitrogens is 1. The Kier molecular flexibility index (Phi) is 5.46. The van der Waals surface area contributed by atoms with Gasteiger partial charge in [0.25, 0.3) is 0 Å². The summed E-state index contributed by atoms with van der Waals surface area (Å²) in [5, 5.41) is 0. The standard InChI is InChI=1S/C14H20N4O2S/c1-20-13(19)3-5-17-6-8-18(9-7-17)12-10-16-4-2-11(12)14(15)21/h2,4,10H,3,5-9H2,1H3,(H2,15,21). The maximum atomic E-state index is 11.2. The first-order valence-corrected chi connectivity index (χ1v) is 7.30. The van der Waals surface area contributed by atoms with Crippen LogP contribution in [0.3, 0.4) is 0 Å². The summed E-state index contributed by atoms with van der Waals surface area (Å²) in [5.74, 6) is -0.166. The van der Waals surface area contributed by atoms with Gasteiger partial charge in [-0.05, 0) is 6.07 Å². The molecule has 1 aliphatic rings. The number of carbonyl (C=O) groups is 1. The molecule has 114 valence electrons. The van der Waals surface area contributed by atoms with E-state index in [1.165, 1.54) is 7.11 Å². The van der Waals surface area contributed by atoms with Crippen LogP contribution in [-0.4, -0.2) is 60.7 Å². The van der Waals surface area contributed by atoms with Gasteiger partial charge in [-0.2, -0.15) is 0 Å². The molecule has 0 amide bonds. The van der Waals surface area contributed by atoms with Gasteiger partial charge in [0.15, 0.2) is 0 Å². The van der Waals surface area contributed by atoms with Crippen molar-refractivity contribution >= 4 is 28.9 Å². The van der Waals surface area contributed by atoms with E-state index < -0.39 is 0 Å². The quantitative estimate of drug-likeness (QED) is 0.623. The van der Waals surface area contributed by atoms with E-state index in [1.807, 2.05) is 6.07 Å². The number of methoxy groups -OCH3 is 1. The van der Waals surface area contributed by atoms with E-state index in [-0.39, 0.29) is 5.97 Å². The van der Waals surface area contributed by atoms with Gasteiger partial charge in [0.2, 0.25) is 0 Å². The summed E-state index contributed by atoms with van der Waals surface area (Å²) in [4.78, 5) is 20.2. The van der Waals surface area contributed by atoms with E-state index in [0.29, 0.717) is 11.4 Å². The van der Waals surface area contributed by atoms with Crippen molar-refractivity contribution in [3.63, 3.8) is 0 Å². The van der Waals surface area contributed by atoms with E-state index in [0.717, 1.165) is 44.0 Å². The molecular weight excluding hydrogens is 288 g/mol. The van der Waals surface area contributed by atoms with Crippen LogP contribution in [0.2, 0.25) is 0 Å². The molecule has 1 aromatic heterocycles. The Hall–Kier alpha value is -1.73. The normalized spacial score (nSPS) is 15.8. The molecule has 0 aliphatic carbocycles. The highest BCUT2D eigenvalue weighted by Crippen LogP contribution is 2.20. The van der Waals surface area contributed by atoms with Crippen LogP contribution in [0, 0.1) is 0 Å². The molecule has 1 fully saturated rings. The van der Waals surface area contributed by atoms with Crippen LogP contribution in [0.4, 0.5) is 5.69 Å². The van der Waals surface area contributed by atoms with Gasteiger partial charge in [-0.15, -0.1) is 0 Å². The van der Waals surface area contributed by atoms with Gasteiger partial charge in [0.1, 0.15) is 4.99 Å². The SMILES string of the molecule is COC(=O)CCN1CCN(c2cnccc2C(N)=S)CC1. The summed E-state index contributed by atoms with van der Waals surface area (Å²) in [6.45, 7) is 4.24. The van der Waals surface area contributed by atoms with Crippen LogP contribution < -0.4 is 10.6 Å². The third kappa shape index (κ3) is 4.12. The lowest BCUT2D eigenvalue weighted by Crippen LogP contribution is -2.47. The molecule has 2 rings (SSSR count). The van der Waals surface area contributed by atoms with Gasteiger partial charge in [-0.1, -0.05) is 12.2 Å². The van der Waals surface area contributed by atoms with Crippen molar-refractivity contribution in [3.05, 3.63) is 24.0 Å². The molecule has 0 bridgehead atoms. The Labute approximate surface area is 129 Å². The van der Waals surface area contributed by atoms with E-state index in [2.05, 4.69) is 19.5 Å². The molecular formula is C14H20N4O2S. The van der Waals surface area contributed by atoms with Gasteiger partial charge < -0.3 is 15.4 Å². The molecule has 6 nitrogen and oxygen atoms in total. The zero-order chi connectivity index (χ0) is 15.2. The molecule has 0 spiro atoms. The number of thiocarbonyl (C=S) groups is 1. The molecule has 0 radical (unpaired) electrons. The second-order valence-electron chi connectivity index (χ2n) is 4.91. The first kappa shape index (κ1) is 15.7. The maximum absolute atomic E-state index is 11.2. The molecule has 1 saturated heterocycles. The topological polar surface area (TPSA) is 71.7 Å². The maximum Gasteiger partial charge on any atom is 0.306 e. The lowest BCUT2D eigenvalue weighted by atomic mass is 10.2. The number of hydrogen-bond donors (Lipinski definition) is 1. The number of hydrogen-bond acceptors (Lipinski definition) is 6. The Morgan fingerprint density at radius 1 is 1.43 bits per heavy atom. The molecule has 0 atom stereocenters. The summed E-state index contributed by atoms with van der Waals surface area (Å²) in [7, 11) is 1.42. The largest absolute Gasteiger partial charge is 0.469 e. The zero-order valence-electron chi connectivity index (χ0n) is 12.1. The average Bonchev–Trinajstić information content (AvgIpc) is 2.53. The number of ether oxygens (including phenoxy) is 1. The lowest BCUT2D eigenvalue weighted by Gasteiger charge is -2.36. The fourth-order valence-electron chi connectivity index (χ4n) is 2.41. The number of nitrogens with zero attached hydrogens (tertiary/aromatic N) is 3. The monoisotopic (exact) mass is 308 g/mol. The predicted octanol–water partition coefficient (Wildman–Crippen LogP) is 0.401. The first-order chi connectivity index (χ1) is 10.1. The minimum atomic E-state index is -0.166. The molecule has 21 heavy (non-hydrogen) atoms. The Morgan fingerprint density at radius 3 is 2.76 bits per heavy atom. The van der Waals surface area contributed by atoms with E-state index in [1.54, 1.807) is 12.4 Å². The molecule has 0 saturated carbocycles. The number of piperazine rings is 1. The minimum Gasteiger partial charge on any atom is -0.469 e. The van der Waals surface area contributed by atoms with Crippen molar-refractivity contribution in [2.24, 2.45) is 5.73 Å². The van der Waals surface area contributed by atoms with E-state index in [4.69, 9.17) is 18.0 Å². The third-order valence-electron chi connectivity index (χ3n) is 3.64. The van der Waals surface area contributed by atoms with Crippen molar-refractivity contribution in [1.29, 1.82) is 0 Å². The number of nitrogens with two attached hydrogens (primary N) is 1. The minimum absolute atomic E-state index is 0.166. The van der Waals surface area contributed by atoms with Gasteiger partial charge in [-0.3, -0.25) is 14.7 Å². The van der Waals surface area contributed by atoms with Crippen molar-refractivity contribution in [1.82, 2.24) is 9.88 Å². The second kappa shape index (κ2) is 7.33. The Balaban J connectivity index is 1.92. The van der Waals surface area contributed by atoms with Crippen LogP contribution in [0.25, 0.3) is 0 Å². The van der Waals surface area contributed by atoms with Crippen LogP contribution in [0.15, 0.2) is 18.5 Å². The summed E-state index contributed by atoms with van der Waals surface area (Å²) >= 11 is 5.09. The Morgan fingerprint density at radius 2 is 2.14 bits per heavy atom. The highest BCUT2D eigenvalue weighted by atomic mass is 32.1. The second-order valence-corrected chi connectivity index (χ2v) is 5.35. The van der Waals surface area contributed by atoms with Crippen LogP contribution >= 0.6 is 12.2 Å². The van der Waals surface area contributed by atoms with Gasteiger partial charge >= 0.3 is 5.97 Å². The molecule has 7 heteroatoms. The number of anilines is 1. The third-order valence-corrected chi connectivity index (χ3v) is 3.86. The van der Waals surface area contributed by atoms with Crippen LogP contribution in [0.5, 0.6) is 0 Å². The van der Waals surface area contributed by atoms with Crippen LogP contribution in [-0.2, 0) is 9.53 Å². The fraction of sp³-hybridized carbons (Fsp3) is 0.500. The van der Waals surface area contributed by atoms with Crippen molar-refractivity contribution in [3.8, 4) is 0 Å². The number of carbonyl (C=O) groups excluding carboxylic acids is 1. The number of esters is 1. The summed E-state index contributed by atoms with van der Waals surface area (Å²) in [5.41, 5.74) is 7.61. The van der Waals surface area contributed by atoms with Crippen LogP contribution in [0.1, 0.15) is 12.0 Å².